The first-order valence-electron chi connectivity index (χ1n) is 7.23. The van der Waals surface area contributed by atoms with Crippen LogP contribution in [0.25, 0.3) is 0 Å². The largest absolute Gasteiger partial charge is 0.508 e. The predicted octanol–water partition coefficient (Wildman–Crippen LogP) is 3.55. The Balaban J connectivity index is 1.46. The van der Waals surface area contributed by atoms with Crippen LogP contribution < -0.4 is 4.74 Å². The van der Waals surface area contributed by atoms with Crippen LogP contribution in [-0.4, -0.2) is 23.3 Å². The second-order valence-corrected chi connectivity index (χ2v) is 4.82. The number of hydrogen-bond acceptors (Lipinski definition) is 4. The number of ether oxygens (including phenoxy) is 2. The van der Waals surface area contributed by atoms with Crippen LogP contribution in [0.2, 0.25) is 0 Å². The molecule has 0 spiro atoms. The maximum Gasteiger partial charge on any atom is 0.119 e. The van der Waals surface area contributed by atoms with Gasteiger partial charge in [0.05, 0.1) is 13.2 Å². The van der Waals surface area contributed by atoms with Crippen molar-refractivity contribution < 1.29 is 14.6 Å². The van der Waals surface area contributed by atoms with Crippen molar-refractivity contribution in [3.63, 3.8) is 0 Å². The second-order valence-electron chi connectivity index (χ2n) is 4.82. The van der Waals surface area contributed by atoms with Gasteiger partial charge in [-0.05, 0) is 55.2 Å². The molecule has 0 bridgehead atoms. The van der Waals surface area contributed by atoms with Crippen molar-refractivity contribution in [1.82, 2.24) is 4.98 Å². The fourth-order valence-electron chi connectivity index (χ4n) is 1.89. The van der Waals surface area contributed by atoms with E-state index in [9.17, 15) is 0 Å². The summed E-state index contributed by atoms with van der Waals surface area (Å²) in [6.45, 7) is 2.07. The summed E-state index contributed by atoms with van der Waals surface area (Å²) in [4.78, 5) is 4.05. The van der Waals surface area contributed by atoms with E-state index in [4.69, 9.17) is 14.6 Å². The standard InChI is InChI=1S/C17H21NO3/c19-16-6-8-17(9-7-16)21-12-3-1-2-11-20-14-15-5-4-10-18-13-15/h4-10,13,19H,1-3,11-12,14H2. The zero-order valence-corrected chi connectivity index (χ0v) is 12.1. The lowest BCUT2D eigenvalue weighted by atomic mass is 10.2. The van der Waals surface area contributed by atoms with E-state index in [0.717, 1.165) is 37.2 Å². The third-order valence-electron chi connectivity index (χ3n) is 3.03. The molecule has 0 aliphatic carbocycles. The molecule has 0 saturated carbocycles. The average molecular weight is 287 g/mol. The lowest BCUT2D eigenvalue weighted by Crippen LogP contribution is -1.99. The van der Waals surface area contributed by atoms with Gasteiger partial charge in [0, 0.05) is 19.0 Å². The van der Waals surface area contributed by atoms with Gasteiger partial charge >= 0.3 is 0 Å². The maximum absolute atomic E-state index is 9.16. The molecule has 1 aromatic carbocycles. The smallest absolute Gasteiger partial charge is 0.119 e. The van der Waals surface area contributed by atoms with Gasteiger partial charge in [0.2, 0.25) is 0 Å². The highest BCUT2D eigenvalue weighted by atomic mass is 16.5. The van der Waals surface area contributed by atoms with Crippen LogP contribution in [0.1, 0.15) is 24.8 Å². The van der Waals surface area contributed by atoms with E-state index in [1.165, 1.54) is 0 Å². The Kier molecular flexibility index (Phi) is 6.55. The Morgan fingerprint density at radius 2 is 1.76 bits per heavy atom. The Hall–Kier alpha value is -2.07. The van der Waals surface area contributed by atoms with Crippen molar-refractivity contribution in [2.24, 2.45) is 0 Å². The summed E-state index contributed by atoms with van der Waals surface area (Å²) < 4.78 is 11.2. The highest BCUT2D eigenvalue weighted by Gasteiger charge is 1.96. The zero-order valence-electron chi connectivity index (χ0n) is 12.1. The van der Waals surface area contributed by atoms with Crippen LogP contribution >= 0.6 is 0 Å². The number of benzene rings is 1. The first-order valence-corrected chi connectivity index (χ1v) is 7.23. The highest BCUT2D eigenvalue weighted by molar-refractivity contribution is 5.29. The van der Waals surface area contributed by atoms with Crippen molar-refractivity contribution in [1.29, 1.82) is 0 Å². The number of aromatic nitrogens is 1. The van der Waals surface area contributed by atoms with Crippen LogP contribution in [0.3, 0.4) is 0 Å². The normalized spacial score (nSPS) is 10.5. The van der Waals surface area contributed by atoms with Gasteiger partial charge in [-0.3, -0.25) is 4.98 Å². The van der Waals surface area contributed by atoms with Gasteiger partial charge < -0.3 is 14.6 Å². The predicted molar refractivity (Wildman–Crippen MR) is 81.3 cm³/mol. The molecule has 0 radical (unpaired) electrons. The topological polar surface area (TPSA) is 51.6 Å². The Morgan fingerprint density at radius 1 is 0.952 bits per heavy atom. The molecular weight excluding hydrogens is 266 g/mol. The van der Waals surface area contributed by atoms with E-state index >= 15 is 0 Å². The average Bonchev–Trinajstić information content (AvgIpc) is 2.53. The monoisotopic (exact) mass is 287 g/mol. The maximum atomic E-state index is 9.16. The number of rotatable bonds is 9. The van der Waals surface area contributed by atoms with Gasteiger partial charge in [-0.2, -0.15) is 0 Å². The van der Waals surface area contributed by atoms with Crippen LogP contribution in [-0.2, 0) is 11.3 Å². The quantitative estimate of drug-likeness (QED) is 0.717. The lowest BCUT2D eigenvalue weighted by molar-refractivity contribution is 0.115. The molecule has 0 amide bonds. The molecule has 1 N–H and O–H groups in total. The molecular formula is C17H21NO3. The number of pyridine rings is 1. The molecule has 1 aromatic heterocycles. The van der Waals surface area contributed by atoms with Crippen molar-refractivity contribution in [3.05, 3.63) is 54.4 Å². The third kappa shape index (κ3) is 6.27. The van der Waals surface area contributed by atoms with Crippen molar-refractivity contribution in [3.8, 4) is 11.5 Å². The molecule has 0 atom stereocenters. The summed E-state index contributed by atoms with van der Waals surface area (Å²) in [5, 5.41) is 9.16. The molecule has 4 nitrogen and oxygen atoms in total. The second kappa shape index (κ2) is 8.97. The van der Waals surface area contributed by atoms with Crippen molar-refractivity contribution in [2.75, 3.05) is 13.2 Å². The molecule has 2 rings (SSSR count). The van der Waals surface area contributed by atoms with E-state index in [2.05, 4.69) is 4.98 Å². The lowest BCUT2D eigenvalue weighted by Gasteiger charge is -2.06. The molecule has 0 aliphatic rings. The van der Waals surface area contributed by atoms with E-state index in [0.29, 0.717) is 13.2 Å². The summed E-state index contributed by atoms with van der Waals surface area (Å²) in [6.07, 6.45) is 6.69. The Bertz CT molecular complexity index is 499. The number of unbranched alkanes of at least 4 members (excludes halogenated alkanes) is 2. The highest BCUT2D eigenvalue weighted by Crippen LogP contribution is 2.16. The minimum absolute atomic E-state index is 0.258. The number of hydrogen-bond donors (Lipinski definition) is 1. The van der Waals surface area contributed by atoms with Gasteiger partial charge in [-0.15, -0.1) is 0 Å². The van der Waals surface area contributed by atoms with Crippen LogP contribution in [0, 0.1) is 0 Å². The number of nitrogens with zero attached hydrogens (tertiary/aromatic N) is 1. The van der Waals surface area contributed by atoms with E-state index < -0.39 is 0 Å². The minimum Gasteiger partial charge on any atom is -0.508 e. The zero-order chi connectivity index (χ0) is 14.8. The van der Waals surface area contributed by atoms with Gasteiger partial charge in [0.25, 0.3) is 0 Å². The Morgan fingerprint density at radius 3 is 2.52 bits per heavy atom. The molecule has 0 unspecified atom stereocenters. The van der Waals surface area contributed by atoms with Gasteiger partial charge in [-0.25, -0.2) is 0 Å². The molecule has 21 heavy (non-hydrogen) atoms. The summed E-state index contributed by atoms with van der Waals surface area (Å²) in [5.74, 6) is 1.05. The van der Waals surface area contributed by atoms with E-state index in [-0.39, 0.29) is 5.75 Å². The van der Waals surface area contributed by atoms with Gasteiger partial charge in [-0.1, -0.05) is 6.07 Å². The Labute approximate surface area is 125 Å². The van der Waals surface area contributed by atoms with Crippen molar-refractivity contribution in [2.45, 2.75) is 25.9 Å². The molecule has 4 heteroatoms. The summed E-state index contributed by atoms with van der Waals surface area (Å²) in [5.41, 5.74) is 1.10. The summed E-state index contributed by atoms with van der Waals surface area (Å²) >= 11 is 0. The summed E-state index contributed by atoms with van der Waals surface area (Å²) in [6, 6.07) is 10.7. The first-order chi connectivity index (χ1) is 10.3. The minimum atomic E-state index is 0.258. The number of phenolic OH excluding ortho intramolecular Hbond substituents is 1. The fraction of sp³-hybridized carbons (Fsp3) is 0.353. The van der Waals surface area contributed by atoms with Crippen LogP contribution in [0.4, 0.5) is 0 Å². The van der Waals surface area contributed by atoms with Gasteiger partial charge in [0.15, 0.2) is 0 Å². The molecule has 2 aromatic rings. The van der Waals surface area contributed by atoms with Crippen LogP contribution in [0.15, 0.2) is 48.8 Å². The van der Waals surface area contributed by atoms with E-state index in [1.54, 1.807) is 30.5 Å². The molecule has 1 heterocycles. The molecule has 0 saturated heterocycles. The molecule has 112 valence electrons. The SMILES string of the molecule is Oc1ccc(OCCCCCOCc2cccnc2)cc1. The number of phenols is 1. The van der Waals surface area contributed by atoms with Crippen LogP contribution in [0.5, 0.6) is 11.5 Å². The summed E-state index contributed by atoms with van der Waals surface area (Å²) in [7, 11) is 0. The third-order valence-corrected chi connectivity index (χ3v) is 3.03. The van der Waals surface area contributed by atoms with Gasteiger partial charge in [0.1, 0.15) is 11.5 Å². The molecule has 0 aliphatic heterocycles. The fourth-order valence-corrected chi connectivity index (χ4v) is 1.89. The van der Waals surface area contributed by atoms with Crippen molar-refractivity contribution >= 4 is 0 Å². The first kappa shape index (κ1) is 15.3. The number of aromatic hydroxyl groups is 1. The molecule has 0 fully saturated rings. The van der Waals surface area contributed by atoms with E-state index in [1.807, 2.05) is 18.3 Å².